The molecule has 0 aliphatic rings. The third-order valence-electron chi connectivity index (χ3n) is 5.21. The predicted octanol–water partition coefficient (Wildman–Crippen LogP) is 5.75. The lowest BCUT2D eigenvalue weighted by atomic mass is 10.1. The fourth-order valence-corrected chi connectivity index (χ4v) is 4.67. The number of rotatable bonds is 8. The maximum Gasteiger partial charge on any atom is 0.242 e. The molecule has 1 amide bonds. The van der Waals surface area contributed by atoms with Crippen LogP contribution in [0.5, 0.6) is 5.75 Å². The summed E-state index contributed by atoms with van der Waals surface area (Å²) >= 11 is 1.40. The first-order chi connectivity index (χ1) is 16.1. The van der Waals surface area contributed by atoms with Crippen molar-refractivity contribution in [3.8, 4) is 17.1 Å². The summed E-state index contributed by atoms with van der Waals surface area (Å²) in [6, 6.07) is 25.2. The van der Waals surface area contributed by atoms with E-state index in [1.165, 1.54) is 11.8 Å². The third kappa shape index (κ3) is 5.26. The van der Waals surface area contributed by atoms with Crippen LogP contribution in [-0.2, 0) is 11.3 Å². The van der Waals surface area contributed by atoms with Gasteiger partial charge in [0.1, 0.15) is 11.0 Å². The largest absolute Gasteiger partial charge is 0.497 e. The lowest BCUT2D eigenvalue weighted by Crippen LogP contribution is -2.19. The molecule has 1 N–H and O–H groups in total. The molecule has 0 aliphatic carbocycles. The normalized spacial score (nSPS) is 11.7. The zero-order valence-corrected chi connectivity index (χ0v) is 19.7. The molecule has 1 heterocycles. The zero-order valence-electron chi connectivity index (χ0n) is 18.9. The summed E-state index contributed by atoms with van der Waals surface area (Å²) in [5.41, 5.74) is 3.74. The standard InChI is InChI=1S/C26H26N4O2S/c1-4-30-24(20-13-8-10-18(2)16-20)28-29-26(30)33-23(19-11-6-5-7-12-19)25(31)27-21-14-9-15-22(17-21)32-3/h5-17,23H,4H2,1-3H3,(H,27,31)/t23-/m0/s1. The van der Waals surface area contributed by atoms with E-state index in [9.17, 15) is 4.79 Å². The molecule has 0 bridgehead atoms. The fourth-order valence-electron chi connectivity index (χ4n) is 3.57. The van der Waals surface area contributed by atoms with Crippen LogP contribution >= 0.6 is 11.8 Å². The van der Waals surface area contributed by atoms with Crippen LogP contribution in [0.15, 0.2) is 84.0 Å². The lowest BCUT2D eigenvalue weighted by molar-refractivity contribution is -0.115. The summed E-state index contributed by atoms with van der Waals surface area (Å²) < 4.78 is 7.33. The Kier molecular flexibility index (Phi) is 7.10. The molecule has 33 heavy (non-hydrogen) atoms. The third-order valence-corrected chi connectivity index (χ3v) is 6.45. The van der Waals surface area contributed by atoms with Gasteiger partial charge in [-0.15, -0.1) is 10.2 Å². The van der Waals surface area contributed by atoms with Crippen molar-refractivity contribution in [1.82, 2.24) is 14.8 Å². The van der Waals surface area contributed by atoms with E-state index in [-0.39, 0.29) is 5.91 Å². The summed E-state index contributed by atoms with van der Waals surface area (Å²) in [4.78, 5) is 13.4. The van der Waals surface area contributed by atoms with E-state index in [1.54, 1.807) is 13.2 Å². The Bertz CT molecular complexity index is 1240. The Morgan fingerprint density at radius 1 is 1.03 bits per heavy atom. The minimum absolute atomic E-state index is 0.137. The number of methoxy groups -OCH3 is 1. The molecular formula is C26H26N4O2S. The van der Waals surface area contributed by atoms with Gasteiger partial charge in [-0.2, -0.15) is 0 Å². The lowest BCUT2D eigenvalue weighted by Gasteiger charge is -2.17. The number of benzene rings is 3. The van der Waals surface area contributed by atoms with Gasteiger partial charge in [0, 0.05) is 23.9 Å². The average molecular weight is 459 g/mol. The Morgan fingerprint density at radius 3 is 2.55 bits per heavy atom. The summed E-state index contributed by atoms with van der Waals surface area (Å²) in [5.74, 6) is 1.34. The molecule has 6 nitrogen and oxygen atoms in total. The highest BCUT2D eigenvalue weighted by atomic mass is 32.2. The van der Waals surface area contributed by atoms with E-state index in [2.05, 4.69) is 41.5 Å². The van der Waals surface area contributed by atoms with Crippen LogP contribution in [0.2, 0.25) is 0 Å². The summed E-state index contributed by atoms with van der Waals surface area (Å²) in [5, 5.41) is 12.1. The van der Waals surface area contributed by atoms with Crippen molar-refractivity contribution in [2.24, 2.45) is 0 Å². The molecule has 4 rings (SSSR count). The van der Waals surface area contributed by atoms with E-state index in [0.29, 0.717) is 23.1 Å². The number of aryl methyl sites for hydroxylation is 1. The van der Waals surface area contributed by atoms with Crippen LogP contribution in [0.25, 0.3) is 11.4 Å². The van der Waals surface area contributed by atoms with Gasteiger partial charge < -0.3 is 14.6 Å². The van der Waals surface area contributed by atoms with Gasteiger partial charge in [-0.1, -0.05) is 71.9 Å². The summed E-state index contributed by atoms with van der Waals surface area (Å²) in [6.45, 7) is 4.80. The van der Waals surface area contributed by atoms with Crippen LogP contribution < -0.4 is 10.1 Å². The smallest absolute Gasteiger partial charge is 0.242 e. The van der Waals surface area contributed by atoms with Crippen LogP contribution in [0.1, 0.15) is 23.3 Å². The summed E-state index contributed by atoms with van der Waals surface area (Å²) in [6.07, 6.45) is 0. The van der Waals surface area contributed by atoms with Gasteiger partial charge in [0.05, 0.1) is 7.11 Å². The van der Waals surface area contributed by atoms with E-state index in [1.807, 2.05) is 65.2 Å². The van der Waals surface area contributed by atoms with Crippen LogP contribution in [0, 0.1) is 6.92 Å². The maximum absolute atomic E-state index is 13.4. The molecule has 0 saturated heterocycles. The Labute approximate surface area is 198 Å². The molecule has 4 aromatic rings. The van der Waals surface area contributed by atoms with Crippen LogP contribution in [0.4, 0.5) is 5.69 Å². The van der Waals surface area contributed by atoms with Crippen molar-refractivity contribution >= 4 is 23.4 Å². The van der Waals surface area contributed by atoms with Gasteiger partial charge in [-0.05, 0) is 37.6 Å². The number of ether oxygens (including phenoxy) is 1. The Balaban J connectivity index is 1.66. The van der Waals surface area contributed by atoms with Crippen LogP contribution in [-0.4, -0.2) is 27.8 Å². The van der Waals surface area contributed by atoms with Gasteiger partial charge in [-0.3, -0.25) is 4.79 Å². The van der Waals surface area contributed by atoms with Gasteiger partial charge in [-0.25, -0.2) is 0 Å². The zero-order chi connectivity index (χ0) is 23.2. The maximum atomic E-state index is 13.4. The number of carbonyl (C=O) groups is 1. The molecule has 0 saturated carbocycles. The van der Waals surface area contributed by atoms with E-state index >= 15 is 0 Å². The first-order valence-corrected chi connectivity index (χ1v) is 11.6. The molecule has 0 fully saturated rings. The minimum Gasteiger partial charge on any atom is -0.497 e. The fraction of sp³-hybridized carbons (Fsp3) is 0.192. The SMILES string of the molecule is CCn1c(S[C@H](C(=O)Nc2cccc(OC)c2)c2ccccc2)nnc1-c1cccc(C)c1. The number of hydrogen-bond acceptors (Lipinski definition) is 5. The highest BCUT2D eigenvalue weighted by molar-refractivity contribution is 8.00. The molecule has 1 aromatic heterocycles. The molecule has 0 unspecified atom stereocenters. The Hall–Kier alpha value is -3.58. The van der Waals surface area contributed by atoms with Gasteiger partial charge >= 0.3 is 0 Å². The van der Waals surface area contributed by atoms with Gasteiger partial charge in [0.15, 0.2) is 11.0 Å². The highest BCUT2D eigenvalue weighted by Crippen LogP contribution is 2.37. The van der Waals surface area contributed by atoms with E-state index in [4.69, 9.17) is 4.74 Å². The van der Waals surface area contributed by atoms with Crippen LogP contribution in [0.3, 0.4) is 0 Å². The molecule has 7 heteroatoms. The number of carbonyl (C=O) groups excluding carboxylic acids is 1. The van der Waals surface area contributed by atoms with Crippen molar-refractivity contribution < 1.29 is 9.53 Å². The number of hydrogen-bond donors (Lipinski definition) is 1. The molecule has 0 spiro atoms. The highest BCUT2D eigenvalue weighted by Gasteiger charge is 2.26. The van der Waals surface area contributed by atoms with E-state index < -0.39 is 5.25 Å². The molecule has 0 aliphatic heterocycles. The Morgan fingerprint density at radius 2 is 1.82 bits per heavy atom. The first-order valence-electron chi connectivity index (χ1n) is 10.8. The van der Waals surface area contributed by atoms with Gasteiger partial charge in [0.25, 0.3) is 0 Å². The number of anilines is 1. The number of aromatic nitrogens is 3. The minimum atomic E-state index is -0.503. The second kappa shape index (κ2) is 10.4. The molecule has 168 valence electrons. The van der Waals surface area contributed by atoms with Crippen molar-refractivity contribution in [2.45, 2.75) is 30.8 Å². The second-order valence-corrected chi connectivity index (χ2v) is 8.62. The predicted molar refractivity (Wildman–Crippen MR) is 133 cm³/mol. The number of nitrogens with one attached hydrogen (secondary N) is 1. The molecule has 0 radical (unpaired) electrons. The van der Waals surface area contributed by atoms with Crippen molar-refractivity contribution in [3.05, 3.63) is 90.0 Å². The first kappa shape index (κ1) is 22.6. The van der Waals surface area contributed by atoms with Gasteiger partial charge in [0.2, 0.25) is 5.91 Å². The summed E-state index contributed by atoms with van der Waals surface area (Å²) in [7, 11) is 1.60. The number of amides is 1. The van der Waals surface area contributed by atoms with Crippen molar-refractivity contribution in [2.75, 3.05) is 12.4 Å². The molecule has 1 atom stereocenters. The monoisotopic (exact) mass is 458 g/mol. The molecule has 3 aromatic carbocycles. The van der Waals surface area contributed by atoms with Crippen molar-refractivity contribution in [3.63, 3.8) is 0 Å². The molecular weight excluding hydrogens is 432 g/mol. The van der Waals surface area contributed by atoms with Crippen molar-refractivity contribution in [1.29, 1.82) is 0 Å². The topological polar surface area (TPSA) is 69.0 Å². The quantitative estimate of drug-likeness (QED) is 0.340. The number of nitrogens with zero attached hydrogens (tertiary/aromatic N) is 3. The number of thioether (sulfide) groups is 1. The average Bonchev–Trinajstić information content (AvgIpc) is 3.25. The van der Waals surface area contributed by atoms with E-state index in [0.717, 1.165) is 22.5 Å². The second-order valence-electron chi connectivity index (χ2n) is 7.55.